The zero-order valence-electron chi connectivity index (χ0n) is 11.0. The predicted octanol–water partition coefficient (Wildman–Crippen LogP) is 1.72. The Kier molecular flexibility index (Phi) is 5.06. The van der Waals surface area contributed by atoms with E-state index in [9.17, 15) is 13.5 Å². The summed E-state index contributed by atoms with van der Waals surface area (Å²) in [5.74, 6) is 0.412. The molecule has 4 N–H and O–H groups in total. The minimum absolute atomic E-state index is 0.123. The van der Waals surface area contributed by atoms with Crippen molar-refractivity contribution < 1.29 is 13.5 Å². The fourth-order valence-electron chi connectivity index (χ4n) is 2.65. The van der Waals surface area contributed by atoms with Crippen LogP contribution in [0.15, 0.2) is 27.6 Å². The van der Waals surface area contributed by atoms with E-state index in [2.05, 4.69) is 20.7 Å². The largest absolute Gasteiger partial charge is 0.399 e. The number of nitrogens with two attached hydrogens (primary N) is 1. The van der Waals surface area contributed by atoms with Gasteiger partial charge in [0, 0.05) is 23.3 Å². The van der Waals surface area contributed by atoms with E-state index in [1.54, 1.807) is 12.1 Å². The molecule has 2 unspecified atom stereocenters. The molecule has 5 nitrogen and oxygen atoms in total. The number of hydrogen-bond acceptors (Lipinski definition) is 4. The molecule has 1 aromatic rings. The number of rotatable bonds is 5. The van der Waals surface area contributed by atoms with Crippen molar-refractivity contribution in [3.63, 3.8) is 0 Å². The fourth-order valence-corrected chi connectivity index (χ4v) is 4.84. The maximum atomic E-state index is 12.3. The lowest BCUT2D eigenvalue weighted by atomic mass is 9.97. The highest BCUT2D eigenvalue weighted by atomic mass is 79.9. The van der Waals surface area contributed by atoms with E-state index in [0.717, 1.165) is 19.3 Å². The SMILES string of the molecule is Nc1ccc(S(=O)(=O)NCC2CCCC2CO)c(Br)c1. The minimum Gasteiger partial charge on any atom is -0.399 e. The lowest BCUT2D eigenvalue weighted by Gasteiger charge is -2.18. The fraction of sp³-hybridized carbons (Fsp3) is 0.538. The minimum atomic E-state index is -3.56. The topological polar surface area (TPSA) is 92.4 Å². The Balaban J connectivity index is 2.07. The second kappa shape index (κ2) is 6.43. The van der Waals surface area contributed by atoms with Crippen molar-refractivity contribution in [3.8, 4) is 0 Å². The number of halogens is 1. The summed E-state index contributed by atoms with van der Waals surface area (Å²) in [4.78, 5) is 0.185. The molecule has 20 heavy (non-hydrogen) atoms. The van der Waals surface area contributed by atoms with Gasteiger partial charge in [0.05, 0.1) is 4.90 Å². The summed E-state index contributed by atoms with van der Waals surface area (Å²) < 4.78 is 27.6. The average molecular weight is 363 g/mol. The van der Waals surface area contributed by atoms with Gasteiger partial charge in [-0.3, -0.25) is 0 Å². The van der Waals surface area contributed by atoms with Crippen LogP contribution in [0.25, 0.3) is 0 Å². The lowest BCUT2D eigenvalue weighted by Crippen LogP contribution is -2.32. The highest BCUT2D eigenvalue weighted by Gasteiger charge is 2.28. The van der Waals surface area contributed by atoms with E-state index in [-0.39, 0.29) is 23.3 Å². The van der Waals surface area contributed by atoms with E-state index in [1.165, 1.54) is 6.07 Å². The quantitative estimate of drug-likeness (QED) is 0.695. The predicted molar refractivity (Wildman–Crippen MR) is 81.7 cm³/mol. The lowest BCUT2D eigenvalue weighted by molar-refractivity contribution is 0.195. The van der Waals surface area contributed by atoms with Crippen LogP contribution >= 0.6 is 15.9 Å². The molecule has 0 amide bonds. The molecule has 0 saturated heterocycles. The normalized spacial score (nSPS) is 23.1. The van der Waals surface area contributed by atoms with E-state index in [4.69, 9.17) is 5.73 Å². The Bertz CT molecular complexity index is 577. The average Bonchev–Trinajstić information content (AvgIpc) is 2.83. The maximum absolute atomic E-state index is 12.3. The van der Waals surface area contributed by atoms with Crippen LogP contribution in [0, 0.1) is 11.8 Å². The number of nitrogens with one attached hydrogen (secondary N) is 1. The van der Waals surface area contributed by atoms with E-state index < -0.39 is 10.0 Å². The van der Waals surface area contributed by atoms with Crippen molar-refractivity contribution in [1.29, 1.82) is 0 Å². The summed E-state index contributed by atoms with van der Waals surface area (Å²) in [5.41, 5.74) is 6.11. The Morgan fingerprint density at radius 2 is 2.05 bits per heavy atom. The Labute approximate surface area is 127 Å². The summed E-state index contributed by atoms with van der Waals surface area (Å²) in [6.07, 6.45) is 2.97. The molecule has 0 spiro atoms. The summed E-state index contributed by atoms with van der Waals surface area (Å²) in [7, 11) is -3.56. The van der Waals surface area contributed by atoms with Crippen molar-refractivity contribution in [2.75, 3.05) is 18.9 Å². The second-order valence-electron chi connectivity index (χ2n) is 5.18. The first-order chi connectivity index (χ1) is 9.44. The van der Waals surface area contributed by atoms with Gasteiger partial charge in [-0.1, -0.05) is 6.42 Å². The van der Waals surface area contributed by atoms with Crippen molar-refractivity contribution in [2.45, 2.75) is 24.2 Å². The van der Waals surface area contributed by atoms with Gasteiger partial charge in [0.1, 0.15) is 0 Å². The molecular formula is C13H19BrN2O3S. The molecule has 1 aromatic carbocycles. The van der Waals surface area contributed by atoms with Gasteiger partial charge >= 0.3 is 0 Å². The van der Waals surface area contributed by atoms with Crippen molar-refractivity contribution in [1.82, 2.24) is 4.72 Å². The van der Waals surface area contributed by atoms with Crippen LogP contribution in [0.5, 0.6) is 0 Å². The van der Waals surface area contributed by atoms with Gasteiger partial charge in [0.15, 0.2) is 0 Å². The van der Waals surface area contributed by atoms with Crippen molar-refractivity contribution >= 4 is 31.6 Å². The molecule has 112 valence electrons. The van der Waals surface area contributed by atoms with Gasteiger partial charge in [-0.2, -0.15) is 0 Å². The first-order valence-electron chi connectivity index (χ1n) is 6.59. The monoisotopic (exact) mass is 362 g/mol. The number of benzene rings is 1. The van der Waals surface area contributed by atoms with Crippen LogP contribution in [-0.4, -0.2) is 26.7 Å². The van der Waals surface area contributed by atoms with E-state index >= 15 is 0 Å². The van der Waals surface area contributed by atoms with Gasteiger partial charge < -0.3 is 10.8 Å². The van der Waals surface area contributed by atoms with Crippen LogP contribution < -0.4 is 10.5 Å². The molecule has 0 heterocycles. The van der Waals surface area contributed by atoms with E-state index in [0.29, 0.717) is 16.7 Å². The molecule has 0 radical (unpaired) electrons. The summed E-state index contributed by atoms with van der Waals surface area (Å²) >= 11 is 3.22. The third-order valence-corrected chi connectivity index (χ3v) is 6.23. The van der Waals surface area contributed by atoms with E-state index in [1.807, 2.05) is 0 Å². The third-order valence-electron chi connectivity index (χ3n) is 3.83. The standard InChI is InChI=1S/C13H19BrN2O3S/c14-12-6-11(15)4-5-13(12)20(18,19)16-7-9-2-1-3-10(9)8-17/h4-6,9-10,16-17H,1-3,7-8,15H2. The van der Waals surface area contributed by atoms with Crippen LogP contribution in [0.1, 0.15) is 19.3 Å². The zero-order chi connectivity index (χ0) is 14.8. The molecule has 2 rings (SSSR count). The molecule has 1 saturated carbocycles. The Morgan fingerprint density at radius 3 is 2.70 bits per heavy atom. The number of anilines is 1. The molecular weight excluding hydrogens is 344 g/mol. The number of sulfonamides is 1. The van der Waals surface area contributed by atoms with Gasteiger partial charge in [-0.05, 0) is 58.8 Å². The smallest absolute Gasteiger partial charge is 0.241 e. The Morgan fingerprint density at radius 1 is 1.35 bits per heavy atom. The van der Waals surface area contributed by atoms with Gasteiger partial charge in [-0.25, -0.2) is 13.1 Å². The number of aliphatic hydroxyl groups excluding tert-OH is 1. The summed E-state index contributed by atoms with van der Waals surface area (Å²) in [5, 5.41) is 9.26. The molecule has 2 atom stereocenters. The summed E-state index contributed by atoms with van der Waals surface area (Å²) in [6, 6.07) is 4.62. The Hall–Kier alpha value is -0.630. The first kappa shape index (κ1) is 15.8. The molecule has 0 bridgehead atoms. The molecule has 1 aliphatic carbocycles. The number of nitrogen functional groups attached to an aromatic ring is 1. The van der Waals surface area contributed by atoms with Crippen LogP contribution in [0.3, 0.4) is 0 Å². The van der Waals surface area contributed by atoms with Crippen LogP contribution in [0.2, 0.25) is 0 Å². The zero-order valence-corrected chi connectivity index (χ0v) is 13.5. The second-order valence-corrected chi connectivity index (χ2v) is 7.77. The number of hydrogen-bond donors (Lipinski definition) is 3. The number of aliphatic hydroxyl groups is 1. The van der Waals surface area contributed by atoms with Crippen LogP contribution in [-0.2, 0) is 10.0 Å². The molecule has 1 fully saturated rings. The highest BCUT2D eigenvalue weighted by molar-refractivity contribution is 9.10. The molecule has 7 heteroatoms. The molecule has 0 aromatic heterocycles. The van der Waals surface area contributed by atoms with Crippen molar-refractivity contribution in [2.24, 2.45) is 11.8 Å². The molecule has 0 aliphatic heterocycles. The van der Waals surface area contributed by atoms with Crippen molar-refractivity contribution in [3.05, 3.63) is 22.7 Å². The van der Waals surface area contributed by atoms with Crippen LogP contribution in [0.4, 0.5) is 5.69 Å². The van der Waals surface area contributed by atoms with Gasteiger partial charge in [0.2, 0.25) is 10.0 Å². The third kappa shape index (κ3) is 3.52. The van der Waals surface area contributed by atoms with Gasteiger partial charge in [-0.15, -0.1) is 0 Å². The highest BCUT2D eigenvalue weighted by Crippen LogP contribution is 2.31. The molecule has 1 aliphatic rings. The maximum Gasteiger partial charge on any atom is 0.241 e. The summed E-state index contributed by atoms with van der Waals surface area (Å²) in [6.45, 7) is 0.488. The van der Waals surface area contributed by atoms with Gasteiger partial charge in [0.25, 0.3) is 0 Å². The first-order valence-corrected chi connectivity index (χ1v) is 8.87.